The molecule has 2 aromatic rings. The van der Waals surface area contributed by atoms with Crippen molar-refractivity contribution in [2.75, 3.05) is 6.61 Å². The van der Waals surface area contributed by atoms with Crippen LogP contribution in [0.3, 0.4) is 0 Å². The lowest BCUT2D eigenvalue weighted by atomic mass is 10.2. The zero-order valence-electron chi connectivity index (χ0n) is 8.98. The van der Waals surface area contributed by atoms with Crippen LogP contribution in [0.5, 0.6) is 5.75 Å². The third-order valence-corrected chi connectivity index (χ3v) is 2.40. The largest absolute Gasteiger partial charge is 0.493 e. The van der Waals surface area contributed by atoms with Gasteiger partial charge in [0.25, 0.3) is 0 Å². The summed E-state index contributed by atoms with van der Waals surface area (Å²) in [6.07, 6.45) is 4.05. The molecule has 16 heavy (non-hydrogen) atoms. The summed E-state index contributed by atoms with van der Waals surface area (Å²) in [6.45, 7) is 0.645. The van der Waals surface area contributed by atoms with E-state index in [-0.39, 0.29) is 0 Å². The highest BCUT2D eigenvalue weighted by molar-refractivity contribution is 5.83. The summed E-state index contributed by atoms with van der Waals surface area (Å²) in [4.78, 5) is 0. The minimum Gasteiger partial charge on any atom is -0.493 e. The van der Waals surface area contributed by atoms with E-state index < -0.39 is 0 Å². The zero-order chi connectivity index (χ0) is 11.2. The molecule has 0 saturated heterocycles. The Morgan fingerprint density at radius 1 is 1.25 bits per heavy atom. The predicted octanol–water partition coefficient (Wildman–Crippen LogP) is 3.51. The summed E-state index contributed by atoms with van der Waals surface area (Å²) in [5.41, 5.74) is 0.842. The SMILES string of the molecule is N#CCCCCOc1cccc2occc12. The first-order valence-corrected chi connectivity index (χ1v) is 5.38. The molecule has 0 atom stereocenters. The highest BCUT2D eigenvalue weighted by Crippen LogP contribution is 2.26. The minimum absolute atomic E-state index is 0.596. The summed E-state index contributed by atoms with van der Waals surface area (Å²) in [5, 5.41) is 9.40. The van der Waals surface area contributed by atoms with Crippen LogP contribution in [0.15, 0.2) is 34.9 Å². The lowest BCUT2D eigenvalue weighted by molar-refractivity contribution is 0.311. The number of rotatable bonds is 5. The van der Waals surface area contributed by atoms with E-state index in [0.717, 1.165) is 29.6 Å². The minimum atomic E-state index is 0.596. The second kappa shape index (κ2) is 5.22. The van der Waals surface area contributed by atoms with Crippen LogP contribution >= 0.6 is 0 Å². The van der Waals surface area contributed by atoms with E-state index in [0.29, 0.717) is 13.0 Å². The number of benzene rings is 1. The Morgan fingerprint density at radius 2 is 2.19 bits per heavy atom. The van der Waals surface area contributed by atoms with Crippen molar-refractivity contribution in [3.05, 3.63) is 30.5 Å². The van der Waals surface area contributed by atoms with Crippen LogP contribution in [-0.2, 0) is 0 Å². The number of nitrogens with zero attached hydrogens (tertiary/aromatic N) is 1. The van der Waals surface area contributed by atoms with Crippen LogP contribution in [0.2, 0.25) is 0 Å². The maximum Gasteiger partial charge on any atom is 0.137 e. The molecule has 0 unspecified atom stereocenters. The lowest BCUT2D eigenvalue weighted by Gasteiger charge is -2.05. The molecule has 0 amide bonds. The molecule has 1 aromatic heterocycles. The first kappa shape index (κ1) is 10.6. The van der Waals surface area contributed by atoms with Crippen molar-refractivity contribution in [2.45, 2.75) is 19.3 Å². The molecule has 3 heteroatoms. The molecule has 0 saturated carbocycles. The zero-order valence-corrected chi connectivity index (χ0v) is 8.98. The van der Waals surface area contributed by atoms with Gasteiger partial charge >= 0.3 is 0 Å². The molecule has 0 N–H and O–H groups in total. The summed E-state index contributed by atoms with van der Waals surface area (Å²) in [5.74, 6) is 0.850. The molecular weight excluding hydrogens is 202 g/mol. The molecule has 1 aromatic carbocycles. The van der Waals surface area contributed by atoms with Crippen LogP contribution in [0, 0.1) is 11.3 Å². The number of hydrogen-bond acceptors (Lipinski definition) is 3. The van der Waals surface area contributed by atoms with Gasteiger partial charge in [-0.3, -0.25) is 0 Å². The molecule has 3 nitrogen and oxygen atoms in total. The van der Waals surface area contributed by atoms with Gasteiger partial charge in [0.15, 0.2) is 0 Å². The third-order valence-electron chi connectivity index (χ3n) is 2.40. The van der Waals surface area contributed by atoms with Crippen molar-refractivity contribution in [1.82, 2.24) is 0 Å². The van der Waals surface area contributed by atoms with Crippen LogP contribution in [-0.4, -0.2) is 6.61 Å². The van der Waals surface area contributed by atoms with Crippen molar-refractivity contribution >= 4 is 11.0 Å². The molecule has 0 radical (unpaired) electrons. The Kier molecular flexibility index (Phi) is 3.45. The normalized spacial score (nSPS) is 10.2. The summed E-state index contributed by atoms with van der Waals surface area (Å²) < 4.78 is 10.9. The molecule has 0 aliphatic heterocycles. The van der Waals surface area contributed by atoms with Crippen LogP contribution < -0.4 is 4.74 Å². The Morgan fingerprint density at radius 3 is 3.06 bits per heavy atom. The van der Waals surface area contributed by atoms with Gasteiger partial charge in [-0.05, 0) is 31.0 Å². The number of furan rings is 1. The van der Waals surface area contributed by atoms with Gasteiger partial charge in [-0.2, -0.15) is 5.26 Å². The Balaban J connectivity index is 1.94. The summed E-state index contributed by atoms with van der Waals surface area (Å²) in [7, 11) is 0. The standard InChI is InChI=1S/C13H13NO2/c14-8-2-1-3-9-15-12-5-4-6-13-11(12)7-10-16-13/h4-7,10H,1-3,9H2. The molecule has 0 aliphatic carbocycles. The maximum atomic E-state index is 8.39. The highest BCUT2D eigenvalue weighted by atomic mass is 16.5. The van der Waals surface area contributed by atoms with Crippen LogP contribution in [0.4, 0.5) is 0 Å². The molecule has 0 bridgehead atoms. The monoisotopic (exact) mass is 215 g/mol. The van der Waals surface area contributed by atoms with E-state index in [1.165, 1.54) is 0 Å². The third kappa shape index (κ3) is 2.34. The smallest absolute Gasteiger partial charge is 0.137 e. The van der Waals surface area contributed by atoms with Gasteiger partial charge in [0.2, 0.25) is 0 Å². The van der Waals surface area contributed by atoms with Crippen LogP contribution in [0.1, 0.15) is 19.3 Å². The summed E-state index contributed by atoms with van der Waals surface area (Å²) in [6, 6.07) is 9.78. The Labute approximate surface area is 94.2 Å². The average molecular weight is 215 g/mol. The van der Waals surface area contributed by atoms with Gasteiger partial charge in [0.1, 0.15) is 11.3 Å². The van der Waals surface area contributed by atoms with Gasteiger partial charge in [-0.1, -0.05) is 6.07 Å². The van der Waals surface area contributed by atoms with E-state index in [9.17, 15) is 0 Å². The van der Waals surface area contributed by atoms with Crippen molar-refractivity contribution in [1.29, 1.82) is 5.26 Å². The average Bonchev–Trinajstić information content (AvgIpc) is 2.77. The number of unbranched alkanes of at least 4 members (excludes halogenated alkanes) is 2. The fourth-order valence-corrected chi connectivity index (χ4v) is 1.58. The topological polar surface area (TPSA) is 46.2 Å². The van der Waals surface area contributed by atoms with Crippen molar-refractivity contribution in [3.63, 3.8) is 0 Å². The number of nitriles is 1. The molecule has 0 fully saturated rings. The van der Waals surface area contributed by atoms with Crippen LogP contribution in [0.25, 0.3) is 11.0 Å². The first-order valence-electron chi connectivity index (χ1n) is 5.38. The van der Waals surface area contributed by atoms with E-state index in [4.69, 9.17) is 14.4 Å². The molecular formula is C13H13NO2. The highest BCUT2D eigenvalue weighted by Gasteiger charge is 2.03. The quantitative estimate of drug-likeness (QED) is 0.717. The second-order valence-corrected chi connectivity index (χ2v) is 3.55. The van der Waals surface area contributed by atoms with Gasteiger partial charge in [0, 0.05) is 6.42 Å². The fourth-order valence-electron chi connectivity index (χ4n) is 1.58. The molecule has 82 valence electrons. The predicted molar refractivity (Wildman–Crippen MR) is 61.2 cm³/mol. The second-order valence-electron chi connectivity index (χ2n) is 3.55. The maximum absolute atomic E-state index is 8.39. The van der Waals surface area contributed by atoms with Gasteiger partial charge in [0.05, 0.1) is 24.3 Å². The lowest BCUT2D eigenvalue weighted by Crippen LogP contribution is -1.97. The van der Waals surface area contributed by atoms with E-state index in [1.54, 1.807) is 6.26 Å². The van der Waals surface area contributed by atoms with E-state index in [2.05, 4.69) is 6.07 Å². The first-order chi connectivity index (χ1) is 7.92. The fraction of sp³-hybridized carbons (Fsp3) is 0.308. The van der Waals surface area contributed by atoms with Gasteiger partial charge < -0.3 is 9.15 Å². The Hall–Kier alpha value is -1.95. The van der Waals surface area contributed by atoms with Crippen molar-refractivity contribution < 1.29 is 9.15 Å². The van der Waals surface area contributed by atoms with Crippen molar-refractivity contribution in [2.24, 2.45) is 0 Å². The van der Waals surface area contributed by atoms with Gasteiger partial charge in [-0.25, -0.2) is 0 Å². The van der Waals surface area contributed by atoms with Crippen molar-refractivity contribution in [3.8, 4) is 11.8 Å². The molecule has 0 aliphatic rings. The van der Waals surface area contributed by atoms with E-state index >= 15 is 0 Å². The number of ether oxygens (including phenoxy) is 1. The number of hydrogen-bond donors (Lipinski definition) is 0. The van der Waals surface area contributed by atoms with E-state index in [1.807, 2.05) is 24.3 Å². The molecule has 1 heterocycles. The molecule has 0 spiro atoms. The Bertz CT molecular complexity index is 496. The number of fused-ring (bicyclic) bond motifs is 1. The molecule has 2 rings (SSSR count). The summed E-state index contributed by atoms with van der Waals surface area (Å²) >= 11 is 0. The van der Waals surface area contributed by atoms with Gasteiger partial charge in [-0.15, -0.1) is 0 Å².